The number of carbonyl (C=O) groups excluding carboxylic acids is 3. The minimum atomic E-state index is -0.764. The van der Waals surface area contributed by atoms with Crippen molar-refractivity contribution in [3.05, 3.63) is 0 Å². The van der Waals surface area contributed by atoms with Crippen molar-refractivity contribution in [2.45, 2.75) is 387 Å². The van der Waals surface area contributed by atoms with Crippen LogP contribution in [0.5, 0.6) is 0 Å². The van der Waals surface area contributed by atoms with E-state index in [1.807, 2.05) is 0 Å². The molecule has 6 heteroatoms. The molecule has 2 unspecified atom stereocenters. The highest BCUT2D eigenvalue weighted by atomic mass is 16.6. The summed E-state index contributed by atoms with van der Waals surface area (Å²) in [6.45, 7) is 11.5. The van der Waals surface area contributed by atoms with Gasteiger partial charge in [0.1, 0.15) is 13.2 Å². The van der Waals surface area contributed by atoms with Crippen molar-refractivity contribution in [1.82, 2.24) is 0 Å². The molecular formula is C67H130O6. The van der Waals surface area contributed by atoms with Crippen LogP contribution in [0.15, 0.2) is 0 Å². The highest BCUT2D eigenvalue weighted by Gasteiger charge is 2.20. The van der Waals surface area contributed by atoms with Crippen LogP contribution in [0.3, 0.4) is 0 Å². The van der Waals surface area contributed by atoms with Gasteiger partial charge in [-0.2, -0.15) is 0 Å². The molecule has 0 aliphatic heterocycles. The minimum Gasteiger partial charge on any atom is -0.462 e. The third kappa shape index (κ3) is 57.9. The monoisotopic (exact) mass is 1030 g/mol. The summed E-state index contributed by atoms with van der Waals surface area (Å²) in [5.74, 6) is 0.949. The van der Waals surface area contributed by atoms with Crippen LogP contribution in [0.25, 0.3) is 0 Å². The van der Waals surface area contributed by atoms with Crippen LogP contribution >= 0.6 is 0 Å². The SMILES string of the molecule is CCCCCCCCCCCCCCCCCCCCCC(=O)OC[C@@H](COC(=O)CCCCCCCCCCCCC(C)CC)OC(=O)CCCCCCCCCCCCCCCCCCCCC(C)CC. The molecule has 0 saturated carbocycles. The molecule has 6 nitrogen and oxygen atoms in total. The Morgan fingerprint density at radius 1 is 0.274 bits per heavy atom. The summed E-state index contributed by atoms with van der Waals surface area (Å²) in [4.78, 5) is 38.4. The Labute approximate surface area is 457 Å². The topological polar surface area (TPSA) is 78.9 Å². The number of hydrogen-bond acceptors (Lipinski definition) is 6. The second kappa shape index (κ2) is 59.7. The summed E-state index contributed by atoms with van der Waals surface area (Å²) in [6.07, 6.45) is 66.7. The second-order valence-corrected chi connectivity index (χ2v) is 23.6. The van der Waals surface area contributed by atoms with E-state index >= 15 is 0 Å². The molecule has 0 rings (SSSR count). The van der Waals surface area contributed by atoms with Gasteiger partial charge in [0.05, 0.1) is 0 Å². The maximum Gasteiger partial charge on any atom is 0.306 e. The Hall–Kier alpha value is -1.59. The Kier molecular flexibility index (Phi) is 58.4. The number of ether oxygens (including phenoxy) is 3. The normalized spacial score (nSPS) is 12.8. The molecule has 0 fully saturated rings. The molecule has 0 bridgehead atoms. The van der Waals surface area contributed by atoms with Gasteiger partial charge in [0.15, 0.2) is 6.10 Å². The van der Waals surface area contributed by atoms with Gasteiger partial charge in [-0.1, -0.05) is 343 Å². The summed E-state index contributed by atoms with van der Waals surface area (Å²) in [5.41, 5.74) is 0. The van der Waals surface area contributed by atoms with E-state index in [0.717, 1.165) is 69.6 Å². The van der Waals surface area contributed by atoms with Gasteiger partial charge in [-0.15, -0.1) is 0 Å². The predicted octanol–water partition coefficient (Wildman–Crippen LogP) is 22.4. The molecule has 0 saturated heterocycles. The molecule has 0 aliphatic rings. The summed E-state index contributed by atoms with van der Waals surface area (Å²) in [7, 11) is 0. The van der Waals surface area contributed by atoms with Crippen molar-refractivity contribution in [1.29, 1.82) is 0 Å². The molecule has 73 heavy (non-hydrogen) atoms. The number of rotatable bonds is 61. The summed E-state index contributed by atoms with van der Waals surface area (Å²) in [6, 6.07) is 0. The maximum atomic E-state index is 12.9. The highest BCUT2D eigenvalue weighted by molar-refractivity contribution is 5.71. The van der Waals surface area contributed by atoms with Gasteiger partial charge in [0.25, 0.3) is 0 Å². The quantitative estimate of drug-likeness (QED) is 0.0343. The summed E-state index contributed by atoms with van der Waals surface area (Å²) < 4.78 is 17.0. The smallest absolute Gasteiger partial charge is 0.306 e. The first-order valence-electron chi connectivity index (χ1n) is 33.3. The van der Waals surface area contributed by atoms with E-state index in [-0.39, 0.29) is 31.1 Å². The van der Waals surface area contributed by atoms with Gasteiger partial charge in [0, 0.05) is 19.3 Å². The van der Waals surface area contributed by atoms with Crippen LogP contribution in [0.4, 0.5) is 0 Å². The lowest BCUT2D eigenvalue weighted by Crippen LogP contribution is -2.30. The van der Waals surface area contributed by atoms with Crippen LogP contribution in [0.1, 0.15) is 381 Å². The molecule has 0 N–H and O–H groups in total. The van der Waals surface area contributed by atoms with E-state index in [4.69, 9.17) is 14.2 Å². The fourth-order valence-corrected chi connectivity index (χ4v) is 10.4. The average molecular weight is 1030 g/mol. The standard InChI is InChI=1S/C67H130O6/c1-6-9-10-11-12-13-14-15-16-17-18-22-25-28-31-37-42-47-52-57-65(68)71-60-64(61-72-66(69)58-53-48-43-38-34-33-36-41-46-51-56-63(5)8-3)73-67(70)59-54-49-44-39-32-29-26-23-20-19-21-24-27-30-35-40-45-50-55-62(4)7-2/h62-64H,6-61H2,1-5H3/t62?,63?,64-/m0/s1. The Bertz CT molecular complexity index is 1120. The zero-order valence-electron chi connectivity index (χ0n) is 50.3. The maximum absolute atomic E-state index is 12.9. The fraction of sp³-hybridized carbons (Fsp3) is 0.955. The fourth-order valence-electron chi connectivity index (χ4n) is 10.4. The largest absolute Gasteiger partial charge is 0.462 e. The van der Waals surface area contributed by atoms with Crippen molar-refractivity contribution in [2.24, 2.45) is 11.8 Å². The predicted molar refractivity (Wildman–Crippen MR) is 316 cm³/mol. The van der Waals surface area contributed by atoms with Gasteiger partial charge < -0.3 is 14.2 Å². The van der Waals surface area contributed by atoms with Gasteiger partial charge in [0.2, 0.25) is 0 Å². The van der Waals surface area contributed by atoms with Crippen LogP contribution in [-0.4, -0.2) is 37.2 Å². The van der Waals surface area contributed by atoms with Gasteiger partial charge in [-0.25, -0.2) is 0 Å². The van der Waals surface area contributed by atoms with Crippen LogP contribution in [0.2, 0.25) is 0 Å². The molecule has 434 valence electrons. The molecule has 3 atom stereocenters. The second-order valence-electron chi connectivity index (χ2n) is 23.6. The van der Waals surface area contributed by atoms with Crippen molar-refractivity contribution in [2.75, 3.05) is 13.2 Å². The van der Waals surface area contributed by atoms with Crippen molar-refractivity contribution >= 4 is 17.9 Å². The Morgan fingerprint density at radius 2 is 0.479 bits per heavy atom. The first-order valence-corrected chi connectivity index (χ1v) is 33.3. The van der Waals surface area contributed by atoms with Gasteiger partial charge in [-0.3, -0.25) is 14.4 Å². The molecule has 0 spiro atoms. The molecule has 0 aliphatic carbocycles. The molecule has 0 amide bonds. The van der Waals surface area contributed by atoms with Crippen molar-refractivity contribution < 1.29 is 28.6 Å². The number of esters is 3. The first kappa shape index (κ1) is 71.4. The van der Waals surface area contributed by atoms with Crippen LogP contribution < -0.4 is 0 Å². The summed E-state index contributed by atoms with van der Waals surface area (Å²) in [5, 5.41) is 0. The zero-order chi connectivity index (χ0) is 53.2. The third-order valence-electron chi connectivity index (χ3n) is 16.2. The number of hydrogen-bond donors (Lipinski definition) is 0. The molecule has 0 aromatic carbocycles. The zero-order valence-corrected chi connectivity index (χ0v) is 50.3. The lowest BCUT2D eigenvalue weighted by atomic mass is 9.99. The third-order valence-corrected chi connectivity index (χ3v) is 16.2. The number of unbranched alkanes of at least 4 members (excludes halogenated alkanes) is 44. The van der Waals surface area contributed by atoms with Crippen LogP contribution in [-0.2, 0) is 28.6 Å². The van der Waals surface area contributed by atoms with Crippen molar-refractivity contribution in [3.8, 4) is 0 Å². The lowest BCUT2D eigenvalue weighted by molar-refractivity contribution is -0.167. The van der Waals surface area contributed by atoms with E-state index in [1.165, 1.54) is 270 Å². The van der Waals surface area contributed by atoms with Crippen LogP contribution in [0, 0.1) is 11.8 Å². The first-order chi connectivity index (χ1) is 35.8. The van der Waals surface area contributed by atoms with E-state index in [0.29, 0.717) is 19.3 Å². The summed E-state index contributed by atoms with van der Waals surface area (Å²) >= 11 is 0. The average Bonchev–Trinajstić information content (AvgIpc) is 3.39. The minimum absolute atomic E-state index is 0.0618. The Morgan fingerprint density at radius 3 is 0.712 bits per heavy atom. The molecule has 0 aromatic heterocycles. The molecule has 0 heterocycles. The van der Waals surface area contributed by atoms with E-state index in [2.05, 4.69) is 34.6 Å². The van der Waals surface area contributed by atoms with Gasteiger partial charge in [-0.05, 0) is 31.1 Å². The molecule has 0 radical (unpaired) electrons. The molecule has 0 aromatic rings. The number of carbonyl (C=O) groups is 3. The lowest BCUT2D eigenvalue weighted by Gasteiger charge is -2.18. The Balaban J connectivity index is 4.26. The van der Waals surface area contributed by atoms with E-state index in [9.17, 15) is 14.4 Å². The highest BCUT2D eigenvalue weighted by Crippen LogP contribution is 2.20. The molecular weight excluding hydrogens is 901 g/mol. The van der Waals surface area contributed by atoms with Gasteiger partial charge >= 0.3 is 17.9 Å². The van der Waals surface area contributed by atoms with Crippen molar-refractivity contribution in [3.63, 3.8) is 0 Å². The van der Waals surface area contributed by atoms with E-state index < -0.39 is 6.10 Å². The van der Waals surface area contributed by atoms with E-state index in [1.54, 1.807) is 0 Å².